The van der Waals surface area contributed by atoms with Crippen LogP contribution in [0, 0.1) is 0 Å². The highest BCUT2D eigenvalue weighted by Gasteiger charge is 2.36. The third kappa shape index (κ3) is 6.75. The number of carbonyl (C=O) groups is 4. The van der Waals surface area contributed by atoms with Crippen molar-refractivity contribution in [2.45, 2.75) is 44.4 Å². The number of carboxylic acid groups (broad SMARTS) is 1. The molecule has 1 aromatic heterocycles. The summed E-state index contributed by atoms with van der Waals surface area (Å²) < 4.78 is 5.53. The van der Waals surface area contributed by atoms with Crippen LogP contribution in [0.4, 0.5) is 21.0 Å². The second-order valence-corrected chi connectivity index (χ2v) is 12.6. The van der Waals surface area contributed by atoms with Crippen LogP contribution in [0.2, 0.25) is 0 Å². The second kappa shape index (κ2) is 14.2. The lowest BCUT2D eigenvalue weighted by atomic mass is 9.98. The van der Waals surface area contributed by atoms with E-state index in [2.05, 4.69) is 15.6 Å². The van der Waals surface area contributed by atoms with Gasteiger partial charge in [-0.25, -0.2) is 9.59 Å². The third-order valence-corrected chi connectivity index (χ3v) is 9.37. The molecule has 0 aliphatic carbocycles. The molecule has 4 amide bonds. The number of hydrogen-bond acceptors (Lipinski definition) is 5. The first-order valence-corrected chi connectivity index (χ1v) is 16.8. The Labute approximate surface area is 288 Å². The Kier molecular flexibility index (Phi) is 9.20. The number of ether oxygens (including phenoxy) is 1. The highest BCUT2D eigenvalue weighted by atomic mass is 16.6. The van der Waals surface area contributed by atoms with Crippen molar-refractivity contribution in [2.75, 3.05) is 23.7 Å². The standard InChI is InChI=1S/C39H37N5O6/c45-36(32-13-7-21-43(32)38(47)48)40-28-17-15-27(16-18-28)35-34(26-11-5-2-6-12-26)30-23-29(19-20-31(30)42-35)41-37(46)33-14-8-22-44(33)39(49)50-24-25-9-3-1-4-10-25/h1-6,9-12,15-20,23,32-33,42H,7-8,13-14,21-22,24H2,(H,40,45)(H,41,46)(H,47,48)/t32-,33?/m0/s1. The van der Waals surface area contributed by atoms with Crippen molar-refractivity contribution in [1.29, 1.82) is 0 Å². The van der Waals surface area contributed by atoms with Gasteiger partial charge in [-0.15, -0.1) is 0 Å². The topological polar surface area (TPSA) is 144 Å². The number of rotatable bonds is 8. The second-order valence-electron chi connectivity index (χ2n) is 12.6. The molecule has 2 aliphatic heterocycles. The average Bonchev–Trinajstić information content (AvgIpc) is 3.91. The van der Waals surface area contributed by atoms with E-state index in [0.717, 1.165) is 38.9 Å². The molecule has 0 radical (unpaired) electrons. The van der Waals surface area contributed by atoms with Crippen molar-refractivity contribution < 1.29 is 29.0 Å². The number of anilines is 2. The van der Waals surface area contributed by atoms with E-state index in [9.17, 15) is 24.3 Å². The number of hydrogen-bond donors (Lipinski definition) is 4. The van der Waals surface area contributed by atoms with E-state index < -0.39 is 24.3 Å². The molecule has 254 valence electrons. The number of aromatic nitrogens is 1. The van der Waals surface area contributed by atoms with Gasteiger partial charge >= 0.3 is 12.2 Å². The lowest BCUT2D eigenvalue weighted by molar-refractivity contribution is -0.120. The molecule has 4 aromatic carbocycles. The first kappa shape index (κ1) is 32.4. The summed E-state index contributed by atoms with van der Waals surface area (Å²) >= 11 is 0. The summed E-state index contributed by atoms with van der Waals surface area (Å²) in [7, 11) is 0. The maximum Gasteiger partial charge on any atom is 0.410 e. The molecule has 11 nitrogen and oxygen atoms in total. The Morgan fingerprint density at radius 2 is 1.32 bits per heavy atom. The molecule has 50 heavy (non-hydrogen) atoms. The van der Waals surface area contributed by atoms with Crippen LogP contribution < -0.4 is 10.6 Å². The van der Waals surface area contributed by atoms with Crippen molar-refractivity contribution in [3.8, 4) is 22.4 Å². The summed E-state index contributed by atoms with van der Waals surface area (Å²) in [5.74, 6) is -0.607. The van der Waals surface area contributed by atoms with Crippen LogP contribution in [0.15, 0.2) is 103 Å². The minimum Gasteiger partial charge on any atom is -0.465 e. The van der Waals surface area contributed by atoms with Gasteiger partial charge in [0, 0.05) is 40.9 Å². The van der Waals surface area contributed by atoms with E-state index in [1.807, 2.05) is 91.0 Å². The van der Waals surface area contributed by atoms with Gasteiger partial charge in [-0.3, -0.25) is 19.4 Å². The summed E-state index contributed by atoms with van der Waals surface area (Å²) in [5.41, 5.74) is 6.60. The number of benzene rings is 4. The number of nitrogens with one attached hydrogen (secondary N) is 3. The summed E-state index contributed by atoms with van der Waals surface area (Å²) in [6.07, 6.45) is 0.810. The molecule has 2 aliphatic rings. The zero-order valence-electron chi connectivity index (χ0n) is 27.3. The molecule has 0 saturated carbocycles. The zero-order valence-corrected chi connectivity index (χ0v) is 27.3. The predicted octanol–water partition coefficient (Wildman–Crippen LogP) is 7.32. The molecular weight excluding hydrogens is 634 g/mol. The first-order valence-electron chi connectivity index (χ1n) is 16.8. The van der Waals surface area contributed by atoms with Crippen molar-refractivity contribution in [3.63, 3.8) is 0 Å². The van der Waals surface area contributed by atoms with Gasteiger partial charge in [0.15, 0.2) is 0 Å². The van der Waals surface area contributed by atoms with Crippen LogP contribution in [0.5, 0.6) is 0 Å². The Bertz CT molecular complexity index is 2030. The van der Waals surface area contributed by atoms with Gasteiger partial charge in [0.25, 0.3) is 0 Å². The van der Waals surface area contributed by atoms with E-state index in [1.165, 1.54) is 9.80 Å². The molecule has 7 rings (SSSR count). The molecule has 3 heterocycles. The molecule has 0 bridgehead atoms. The number of H-pyrrole nitrogens is 1. The number of fused-ring (bicyclic) bond motifs is 1. The van der Waals surface area contributed by atoms with E-state index in [-0.39, 0.29) is 18.4 Å². The van der Waals surface area contributed by atoms with Gasteiger partial charge in [-0.05, 0) is 72.7 Å². The van der Waals surface area contributed by atoms with Gasteiger partial charge in [-0.1, -0.05) is 72.8 Å². The van der Waals surface area contributed by atoms with Gasteiger partial charge in [0.05, 0.1) is 5.69 Å². The molecule has 2 atom stereocenters. The highest BCUT2D eigenvalue weighted by Crippen LogP contribution is 2.40. The number of amides is 4. The minimum atomic E-state index is -1.09. The van der Waals surface area contributed by atoms with Crippen LogP contribution in [0.3, 0.4) is 0 Å². The van der Waals surface area contributed by atoms with Gasteiger partial charge < -0.3 is 25.5 Å². The molecule has 2 saturated heterocycles. The Morgan fingerprint density at radius 3 is 2.00 bits per heavy atom. The largest absolute Gasteiger partial charge is 0.465 e. The lowest BCUT2D eigenvalue weighted by Gasteiger charge is -2.23. The number of carbonyl (C=O) groups excluding carboxylic acids is 3. The Balaban J connectivity index is 1.11. The smallest absolute Gasteiger partial charge is 0.410 e. The van der Waals surface area contributed by atoms with E-state index >= 15 is 0 Å². The number of aromatic amines is 1. The molecule has 2 fully saturated rings. The first-order chi connectivity index (χ1) is 24.4. The molecule has 11 heteroatoms. The fraction of sp³-hybridized carbons (Fsp3) is 0.231. The average molecular weight is 672 g/mol. The number of likely N-dealkylation sites (tertiary alicyclic amines) is 2. The SMILES string of the molecule is O=C(Nc1ccc2[nH]c(-c3ccc(NC(=O)[C@@H]4CCCN4C(=O)O)cc3)c(-c3ccccc3)c2c1)C1CCCN1C(=O)OCc1ccccc1. The van der Waals surface area contributed by atoms with Crippen LogP contribution in [-0.2, 0) is 20.9 Å². The van der Waals surface area contributed by atoms with Gasteiger partial charge in [-0.2, -0.15) is 0 Å². The number of nitrogens with zero attached hydrogens (tertiary/aromatic N) is 2. The maximum atomic E-state index is 13.5. The lowest BCUT2D eigenvalue weighted by Crippen LogP contribution is -2.43. The minimum absolute atomic E-state index is 0.141. The summed E-state index contributed by atoms with van der Waals surface area (Å²) in [6, 6.07) is 31.2. The molecule has 5 aromatic rings. The molecule has 4 N–H and O–H groups in total. The van der Waals surface area contributed by atoms with E-state index in [0.29, 0.717) is 50.1 Å². The molecule has 0 spiro atoms. The highest BCUT2D eigenvalue weighted by molar-refractivity contribution is 6.07. The molecule has 1 unspecified atom stereocenters. The predicted molar refractivity (Wildman–Crippen MR) is 191 cm³/mol. The Hall–Kier alpha value is -6.10. The van der Waals surface area contributed by atoms with Gasteiger partial charge in [0.2, 0.25) is 11.8 Å². The Morgan fingerprint density at radius 1 is 0.720 bits per heavy atom. The maximum absolute atomic E-state index is 13.5. The summed E-state index contributed by atoms with van der Waals surface area (Å²) in [6.45, 7) is 0.944. The van der Waals surface area contributed by atoms with Crippen LogP contribution >= 0.6 is 0 Å². The van der Waals surface area contributed by atoms with E-state index in [1.54, 1.807) is 12.1 Å². The van der Waals surface area contributed by atoms with Crippen LogP contribution in [-0.4, -0.2) is 69.1 Å². The fourth-order valence-corrected chi connectivity index (χ4v) is 6.89. The van der Waals surface area contributed by atoms with Crippen LogP contribution in [0.25, 0.3) is 33.3 Å². The van der Waals surface area contributed by atoms with Crippen LogP contribution in [0.1, 0.15) is 31.2 Å². The normalized spacial score (nSPS) is 17.1. The zero-order chi connectivity index (χ0) is 34.6. The third-order valence-electron chi connectivity index (χ3n) is 9.37. The monoisotopic (exact) mass is 671 g/mol. The quantitative estimate of drug-likeness (QED) is 0.136. The summed E-state index contributed by atoms with van der Waals surface area (Å²) in [4.78, 5) is 57.1. The van der Waals surface area contributed by atoms with Crippen molar-refractivity contribution in [2.24, 2.45) is 0 Å². The molecular formula is C39H37N5O6. The van der Waals surface area contributed by atoms with Crippen molar-refractivity contribution in [3.05, 3.63) is 109 Å². The summed E-state index contributed by atoms with van der Waals surface area (Å²) in [5, 5.41) is 16.2. The van der Waals surface area contributed by atoms with Crippen molar-refractivity contribution >= 4 is 46.3 Å². The van der Waals surface area contributed by atoms with Gasteiger partial charge in [0.1, 0.15) is 18.7 Å². The fourth-order valence-electron chi connectivity index (χ4n) is 6.89. The van der Waals surface area contributed by atoms with E-state index in [4.69, 9.17) is 4.74 Å². The van der Waals surface area contributed by atoms with Crippen molar-refractivity contribution in [1.82, 2.24) is 14.8 Å².